The quantitative estimate of drug-likeness (QED) is 0.0276. The molecule has 10 aromatic rings. The van der Waals surface area contributed by atoms with Gasteiger partial charge in [0, 0.05) is 101 Å². The smallest absolute Gasteiger partial charge is 0.254 e. The third-order valence-corrected chi connectivity index (χ3v) is 29.8. The van der Waals surface area contributed by atoms with E-state index in [1.165, 1.54) is 53.8 Å². The molecule has 1 aliphatic carbocycles. The van der Waals surface area contributed by atoms with Crippen molar-refractivity contribution in [2.75, 3.05) is 128 Å². The van der Waals surface area contributed by atoms with Crippen LogP contribution in [0.3, 0.4) is 0 Å². The van der Waals surface area contributed by atoms with Crippen LogP contribution < -0.4 is 63.1 Å². The zero-order valence-electron chi connectivity index (χ0n) is 81.0. The van der Waals surface area contributed by atoms with E-state index in [0.717, 1.165) is 167 Å². The third-order valence-electron chi connectivity index (χ3n) is 29.1. The Morgan fingerprint density at radius 3 is 0.921 bits per heavy atom. The number of primary amides is 4. The molecule has 4 unspecified atom stereocenters. The van der Waals surface area contributed by atoms with Gasteiger partial charge < -0.3 is 87.3 Å². The normalized spacial score (nSPS) is 18.6. The fourth-order valence-corrected chi connectivity index (χ4v) is 23.0. The first kappa shape index (κ1) is 97.8. The molecule has 1 saturated carbocycles. The number of ether oxygens (including phenoxy) is 4. The van der Waals surface area contributed by atoms with Crippen molar-refractivity contribution in [3.8, 4) is 90.3 Å². The van der Waals surface area contributed by atoms with E-state index < -0.39 is 23.6 Å². The van der Waals surface area contributed by atoms with Gasteiger partial charge in [0.15, 0.2) is 0 Å². The average molecular weight is 1910 g/mol. The van der Waals surface area contributed by atoms with Gasteiger partial charge in [-0.1, -0.05) is 48.7 Å². The molecule has 6 aromatic heterocycles. The number of thiophene rings is 1. The summed E-state index contributed by atoms with van der Waals surface area (Å²) in [4.78, 5) is 106. The summed E-state index contributed by atoms with van der Waals surface area (Å²) in [5, 5.41) is 41.4. The van der Waals surface area contributed by atoms with Crippen LogP contribution in [-0.4, -0.2) is 218 Å². The number of methoxy groups -OCH3 is 4. The van der Waals surface area contributed by atoms with Crippen LogP contribution in [0, 0.1) is 65.2 Å². The number of likely N-dealkylation sites (tertiary alicyclic amines) is 4. The molecular formula is C104H127N21O13S. The summed E-state index contributed by atoms with van der Waals surface area (Å²) in [6.45, 7) is 35.1. The molecule has 9 aliphatic rings. The van der Waals surface area contributed by atoms with Gasteiger partial charge >= 0.3 is 0 Å². The SMILES string of the molecule is C=CC(=O)N1CCC(C2CCNc3c(C(N)=O)c(-c4cc(C)c(C5CC5)c(C)c4)nn32)CC1.C=CC(=O)N1CCC(C2CCNc3c(C(N)=O)c(-c4cc(C)cc(C)c4)nn32)CC1.C=CC(=O)N1CCC(C2CCNc3c(C(N)=O)c(-c4cc(OC)c(-c5c(C)noc5C)c(OC)c4)nn32)CC1.C=CC(=O)N1CCC(C2CCNc3c(C(N)=O)c(-c4cc(OC)c(-c5ccsc5)c(OC)c4)nn32)CC1. The van der Waals surface area contributed by atoms with E-state index in [9.17, 15) is 38.4 Å². The Morgan fingerprint density at radius 1 is 0.381 bits per heavy atom. The van der Waals surface area contributed by atoms with Crippen molar-refractivity contribution >= 4 is 81.9 Å². The van der Waals surface area contributed by atoms with E-state index in [-0.39, 0.29) is 47.8 Å². The van der Waals surface area contributed by atoms with Crippen molar-refractivity contribution in [3.05, 3.63) is 184 Å². The summed E-state index contributed by atoms with van der Waals surface area (Å²) < 4.78 is 36.3. The van der Waals surface area contributed by atoms with Gasteiger partial charge in [0.1, 0.15) is 97.1 Å². The van der Waals surface area contributed by atoms with E-state index >= 15 is 0 Å². The van der Waals surface area contributed by atoms with Gasteiger partial charge in [-0.2, -0.15) is 31.7 Å². The fraction of sp³-hybridized carbons (Fsp3) is 0.433. The van der Waals surface area contributed by atoms with Crippen molar-refractivity contribution in [1.82, 2.24) is 63.9 Å². The Bertz CT molecular complexity index is 6280. The van der Waals surface area contributed by atoms with E-state index in [4.69, 9.17) is 66.8 Å². The van der Waals surface area contributed by atoms with Gasteiger partial charge in [-0.15, -0.1) is 0 Å². The minimum atomic E-state index is -0.571. The lowest BCUT2D eigenvalue weighted by Gasteiger charge is -2.38. The monoisotopic (exact) mass is 1910 g/mol. The van der Waals surface area contributed by atoms with Crippen LogP contribution in [0.25, 0.3) is 67.3 Å². The molecule has 732 valence electrons. The molecule has 0 radical (unpaired) electrons. The predicted molar refractivity (Wildman–Crippen MR) is 537 cm³/mol. The van der Waals surface area contributed by atoms with Crippen molar-refractivity contribution in [3.63, 3.8) is 0 Å². The molecule has 8 amide bonds. The van der Waals surface area contributed by atoms with Gasteiger partial charge in [0.25, 0.3) is 23.6 Å². The van der Waals surface area contributed by atoms with E-state index in [1.807, 2.05) is 119 Å². The molecule has 5 fully saturated rings. The average Bonchev–Trinajstić information content (AvgIpc) is 1.61. The van der Waals surface area contributed by atoms with Crippen molar-refractivity contribution in [2.24, 2.45) is 46.6 Å². The number of hydrogen-bond donors (Lipinski definition) is 8. The zero-order chi connectivity index (χ0) is 98.6. The Morgan fingerprint density at radius 2 is 0.669 bits per heavy atom. The van der Waals surface area contributed by atoms with Gasteiger partial charge in [-0.05, 0) is 273 Å². The number of aryl methyl sites for hydroxylation is 6. The number of nitrogens with one attached hydrogen (secondary N) is 4. The molecule has 35 heteroatoms. The van der Waals surface area contributed by atoms with Gasteiger partial charge in [0.05, 0.1) is 75.0 Å². The van der Waals surface area contributed by atoms with Crippen LogP contribution in [0.4, 0.5) is 23.3 Å². The Kier molecular flexibility index (Phi) is 29.5. The maximum Gasteiger partial charge on any atom is 0.254 e. The second kappa shape index (κ2) is 42.0. The van der Waals surface area contributed by atoms with Crippen LogP contribution >= 0.6 is 11.3 Å². The lowest BCUT2D eigenvalue weighted by molar-refractivity contribution is -0.128. The molecule has 4 aromatic carbocycles. The Balaban J connectivity index is 0.000000134. The zero-order valence-corrected chi connectivity index (χ0v) is 81.8. The number of aromatic nitrogens is 9. The Hall–Kier alpha value is -14.3. The molecule has 4 saturated heterocycles. The predicted octanol–water partition coefficient (Wildman–Crippen LogP) is 14.9. The Labute approximate surface area is 813 Å². The number of piperidine rings is 4. The molecule has 8 aliphatic heterocycles. The molecule has 12 N–H and O–H groups in total. The number of carbonyl (C=O) groups is 8. The highest BCUT2D eigenvalue weighted by Gasteiger charge is 2.43. The highest BCUT2D eigenvalue weighted by atomic mass is 32.1. The minimum Gasteiger partial charge on any atom is -0.496 e. The number of amides is 8. The fourth-order valence-electron chi connectivity index (χ4n) is 22.3. The molecule has 0 spiro atoms. The van der Waals surface area contributed by atoms with E-state index in [1.54, 1.807) is 39.8 Å². The number of hydrogen-bond acceptors (Lipinski definition) is 23. The van der Waals surface area contributed by atoms with Crippen molar-refractivity contribution < 1.29 is 61.8 Å². The van der Waals surface area contributed by atoms with Gasteiger partial charge in [-0.3, -0.25) is 38.4 Å². The number of fused-ring (bicyclic) bond motifs is 4. The summed E-state index contributed by atoms with van der Waals surface area (Å²) in [5.74, 6) is 5.64. The second-order valence-corrected chi connectivity index (χ2v) is 38.3. The van der Waals surface area contributed by atoms with Crippen LogP contribution in [-0.2, 0) is 19.2 Å². The summed E-state index contributed by atoms with van der Waals surface area (Å²) in [6, 6.07) is 20.5. The molecule has 19 rings (SSSR count). The number of rotatable bonds is 23. The first-order valence-electron chi connectivity index (χ1n) is 48.0. The van der Waals surface area contributed by atoms with Gasteiger partial charge in [0.2, 0.25) is 23.6 Å². The van der Waals surface area contributed by atoms with Gasteiger partial charge in [-0.25, -0.2) is 18.7 Å². The number of benzene rings is 4. The molecular weight excluding hydrogens is 1780 g/mol. The van der Waals surface area contributed by atoms with Crippen LogP contribution in [0.2, 0.25) is 0 Å². The standard InChI is InChI=1S/C28H34N6O5.C27H31N5O4S.C26H33N5O2.C23H29N5O2/c1-6-22(35)33-11-8-17(9-12-33)19-7-10-30-28-25(27(29)36)26(31-34(19)28)18-13-20(37-4)24(21(14-18)38-5)23-15(2)32-39-16(23)3;1-4-22(33)31-10-6-16(7-11-31)19-5-9-29-27-24(26(28)34)25(30-32(19)27)18-13-20(35-2)23(21(14-18)36-3)17-8-12-37-15-17;1-4-21(32)30-11-8-17(9-12-30)20-7-10-28-26-23(25(27)33)24(29-31(20)26)19-13-15(2)22(16(3)14-19)18-5-6-18;1-4-19(29)27-9-6-16(7-10-27)18-5-8-25-23-20(22(24)30)21(26-28(18)23)17-12-14(2)11-15(3)13-17/h6,13-14,17,19,30H,1,7-12H2,2-5H3,(H2,29,36);4,8,12-16,19,29H,1,5-7,9-11H2,2-3H3,(H2,28,34);4,13-14,17-18,20,28H,1,5-12H2,2-3H3,(H2,27,33);4,11-13,16,18,25H,1,5-10H2,2-3H3,(H2,24,30). The molecule has 139 heavy (non-hydrogen) atoms. The second-order valence-electron chi connectivity index (χ2n) is 37.5. The highest BCUT2D eigenvalue weighted by molar-refractivity contribution is 7.08. The number of nitrogens with zero attached hydrogens (tertiary/aromatic N) is 13. The minimum absolute atomic E-state index is 0.00257. The highest BCUT2D eigenvalue weighted by Crippen LogP contribution is 2.52. The molecule has 14 heterocycles. The largest absolute Gasteiger partial charge is 0.496 e. The van der Waals surface area contributed by atoms with Crippen LogP contribution in [0.1, 0.15) is 201 Å². The third kappa shape index (κ3) is 19.8. The summed E-state index contributed by atoms with van der Waals surface area (Å²) in [6.07, 6.45) is 18.7. The first-order chi connectivity index (χ1) is 67.0. The summed E-state index contributed by atoms with van der Waals surface area (Å²) in [7, 11) is 6.38. The topological polar surface area (TPSA) is 436 Å². The number of carbonyl (C=O) groups excluding carboxylic acids is 8. The van der Waals surface area contributed by atoms with Crippen molar-refractivity contribution in [2.45, 2.75) is 162 Å². The number of anilines is 4. The lowest BCUT2D eigenvalue weighted by atomic mass is 9.87. The first-order valence-corrected chi connectivity index (χ1v) is 49.0. The maximum atomic E-state index is 12.8. The summed E-state index contributed by atoms with van der Waals surface area (Å²) in [5.41, 5.74) is 40.9. The van der Waals surface area contributed by atoms with Crippen LogP contribution in [0.5, 0.6) is 23.0 Å². The lowest BCUT2D eigenvalue weighted by Crippen LogP contribution is -2.41. The summed E-state index contributed by atoms with van der Waals surface area (Å²) >= 11 is 1.59. The van der Waals surface area contributed by atoms with Crippen LogP contribution in [0.15, 0.2) is 127 Å². The molecule has 0 bridgehead atoms. The molecule has 34 nitrogen and oxygen atoms in total. The van der Waals surface area contributed by atoms with E-state index in [0.29, 0.717) is 177 Å². The maximum absolute atomic E-state index is 12.8. The van der Waals surface area contributed by atoms with Crippen molar-refractivity contribution in [1.29, 1.82) is 0 Å². The number of nitrogens with two attached hydrogens (primary N) is 4. The molecule has 4 atom stereocenters. The van der Waals surface area contributed by atoms with E-state index in [2.05, 4.69) is 84.8 Å².